The van der Waals surface area contributed by atoms with Crippen LogP contribution >= 0.6 is 0 Å². The molecule has 0 atom stereocenters. The highest BCUT2D eigenvalue weighted by molar-refractivity contribution is 5.47. The van der Waals surface area contributed by atoms with Crippen molar-refractivity contribution >= 4 is 5.65 Å². The maximum Gasteiger partial charge on any atom is 0.416 e. The maximum atomic E-state index is 12.7. The molecule has 0 spiro atoms. The molecule has 7 heteroatoms. The zero-order chi connectivity index (χ0) is 19.6. The zero-order valence-electron chi connectivity index (χ0n) is 15.5. The molecule has 0 aliphatic heterocycles. The summed E-state index contributed by atoms with van der Waals surface area (Å²) in [7, 11) is 0. The zero-order valence-corrected chi connectivity index (χ0v) is 15.5. The average molecular weight is 389 g/mol. The van der Waals surface area contributed by atoms with Crippen molar-refractivity contribution in [3.05, 3.63) is 59.5 Å². The molecule has 1 aromatic carbocycles. The first kappa shape index (κ1) is 18.8. The quantitative estimate of drug-likeness (QED) is 0.532. The van der Waals surface area contributed by atoms with Crippen molar-refractivity contribution in [1.82, 2.24) is 14.6 Å². The molecule has 1 aliphatic carbocycles. The summed E-state index contributed by atoms with van der Waals surface area (Å²) in [5, 5.41) is 8.81. The van der Waals surface area contributed by atoms with Gasteiger partial charge in [0.25, 0.3) is 0 Å². The number of nitrogens with zero attached hydrogens (tertiary/aromatic N) is 3. The summed E-state index contributed by atoms with van der Waals surface area (Å²) in [5.41, 5.74) is 0.913. The molecule has 0 saturated heterocycles. The van der Waals surface area contributed by atoms with Crippen LogP contribution in [0, 0.1) is 0 Å². The van der Waals surface area contributed by atoms with Gasteiger partial charge in [0.1, 0.15) is 18.2 Å². The molecule has 3 aromatic rings. The van der Waals surface area contributed by atoms with Crippen LogP contribution in [0.2, 0.25) is 0 Å². The van der Waals surface area contributed by atoms with Crippen LogP contribution in [0.3, 0.4) is 0 Å². The molecule has 4 rings (SSSR count). The number of hydrogen-bond acceptors (Lipinski definition) is 3. The standard InChI is InChI=1S/C21H22F3N3O/c22-21(23,24)17-9-11-18(12-10-17)28-14-16-8-5-13-27-19(25-26-20(16)27)15-6-3-1-2-4-7-15/h5,8-13,15H,1-4,6-7,14H2. The summed E-state index contributed by atoms with van der Waals surface area (Å²) in [6.45, 7) is 0.221. The maximum absolute atomic E-state index is 12.7. The van der Waals surface area contributed by atoms with E-state index < -0.39 is 11.7 Å². The van der Waals surface area contributed by atoms with E-state index >= 15 is 0 Å². The summed E-state index contributed by atoms with van der Waals surface area (Å²) in [5.74, 6) is 1.80. The van der Waals surface area contributed by atoms with E-state index in [0.29, 0.717) is 11.7 Å². The van der Waals surface area contributed by atoms with Gasteiger partial charge in [-0.3, -0.25) is 4.40 Å². The molecular formula is C21H22F3N3O. The third-order valence-corrected chi connectivity index (χ3v) is 5.34. The van der Waals surface area contributed by atoms with E-state index in [2.05, 4.69) is 10.2 Å². The number of ether oxygens (including phenoxy) is 1. The van der Waals surface area contributed by atoms with Crippen LogP contribution in [0.5, 0.6) is 5.75 Å². The van der Waals surface area contributed by atoms with Crippen molar-refractivity contribution in [2.75, 3.05) is 0 Å². The molecule has 2 aromatic heterocycles. The predicted octanol–water partition coefficient (Wildman–Crippen LogP) is 5.76. The first-order valence-electron chi connectivity index (χ1n) is 9.65. The lowest BCUT2D eigenvalue weighted by molar-refractivity contribution is -0.137. The van der Waals surface area contributed by atoms with Crippen molar-refractivity contribution < 1.29 is 17.9 Å². The Hall–Kier alpha value is -2.57. The predicted molar refractivity (Wildman–Crippen MR) is 99.2 cm³/mol. The van der Waals surface area contributed by atoms with Crippen LogP contribution in [0.1, 0.15) is 61.4 Å². The molecule has 1 saturated carbocycles. The third-order valence-electron chi connectivity index (χ3n) is 5.34. The van der Waals surface area contributed by atoms with Gasteiger partial charge in [-0.1, -0.05) is 31.7 Å². The summed E-state index contributed by atoms with van der Waals surface area (Å²) in [4.78, 5) is 0. The fourth-order valence-electron chi connectivity index (χ4n) is 3.82. The molecule has 1 fully saturated rings. The Morgan fingerprint density at radius 2 is 1.68 bits per heavy atom. The molecule has 0 radical (unpaired) electrons. The Kier molecular flexibility index (Phi) is 5.24. The number of halogens is 3. The summed E-state index contributed by atoms with van der Waals surface area (Å²) < 4.78 is 45.7. The minimum atomic E-state index is -4.35. The molecule has 0 amide bonds. The highest BCUT2D eigenvalue weighted by Crippen LogP contribution is 2.32. The number of pyridine rings is 1. The van der Waals surface area contributed by atoms with E-state index in [1.54, 1.807) is 0 Å². The van der Waals surface area contributed by atoms with Gasteiger partial charge in [-0.15, -0.1) is 10.2 Å². The second-order valence-electron chi connectivity index (χ2n) is 7.28. The normalized spacial score (nSPS) is 16.2. The number of alkyl halides is 3. The van der Waals surface area contributed by atoms with Crippen LogP contribution in [0.15, 0.2) is 42.6 Å². The second kappa shape index (κ2) is 7.81. The van der Waals surface area contributed by atoms with Crippen LogP contribution in [-0.4, -0.2) is 14.6 Å². The number of benzene rings is 1. The summed E-state index contributed by atoms with van der Waals surface area (Å²) in [6.07, 6.45) is 4.88. The molecule has 0 bridgehead atoms. The minimum absolute atomic E-state index is 0.221. The van der Waals surface area contributed by atoms with Gasteiger partial charge in [0.05, 0.1) is 5.56 Å². The molecule has 28 heavy (non-hydrogen) atoms. The van der Waals surface area contributed by atoms with E-state index in [1.807, 2.05) is 22.7 Å². The van der Waals surface area contributed by atoms with Crippen molar-refractivity contribution in [3.8, 4) is 5.75 Å². The highest BCUT2D eigenvalue weighted by Gasteiger charge is 2.30. The monoisotopic (exact) mass is 389 g/mol. The lowest BCUT2D eigenvalue weighted by atomic mass is 9.99. The largest absolute Gasteiger partial charge is 0.489 e. The SMILES string of the molecule is FC(F)(F)c1ccc(OCc2cccn3c(C4CCCCCC4)nnc23)cc1. The first-order valence-corrected chi connectivity index (χ1v) is 9.65. The van der Waals surface area contributed by atoms with Gasteiger partial charge in [0.15, 0.2) is 5.65 Å². The summed E-state index contributed by atoms with van der Waals surface area (Å²) in [6, 6.07) is 8.56. The Labute approximate surface area is 161 Å². The van der Waals surface area contributed by atoms with E-state index in [-0.39, 0.29) is 6.61 Å². The fraction of sp³-hybridized carbons (Fsp3) is 0.429. The Morgan fingerprint density at radius 3 is 2.36 bits per heavy atom. The van der Waals surface area contributed by atoms with Gasteiger partial charge in [-0.25, -0.2) is 0 Å². The molecule has 4 nitrogen and oxygen atoms in total. The molecule has 2 heterocycles. The second-order valence-corrected chi connectivity index (χ2v) is 7.28. The smallest absolute Gasteiger partial charge is 0.416 e. The topological polar surface area (TPSA) is 39.4 Å². The lowest BCUT2D eigenvalue weighted by Gasteiger charge is -2.12. The van der Waals surface area contributed by atoms with E-state index in [9.17, 15) is 13.2 Å². The van der Waals surface area contributed by atoms with Crippen molar-refractivity contribution in [3.63, 3.8) is 0 Å². The van der Waals surface area contributed by atoms with Crippen LogP contribution < -0.4 is 4.74 Å². The van der Waals surface area contributed by atoms with Gasteiger partial charge in [0, 0.05) is 17.7 Å². The van der Waals surface area contributed by atoms with E-state index in [1.165, 1.54) is 37.8 Å². The molecule has 0 N–H and O–H groups in total. The first-order chi connectivity index (χ1) is 13.5. The average Bonchev–Trinajstić information content (AvgIpc) is 2.93. The Balaban J connectivity index is 1.51. The van der Waals surface area contributed by atoms with E-state index in [0.717, 1.165) is 42.0 Å². The third kappa shape index (κ3) is 3.98. The van der Waals surface area contributed by atoms with Crippen LogP contribution in [0.25, 0.3) is 5.65 Å². The van der Waals surface area contributed by atoms with Crippen molar-refractivity contribution in [2.24, 2.45) is 0 Å². The van der Waals surface area contributed by atoms with Gasteiger partial charge < -0.3 is 4.74 Å². The lowest BCUT2D eigenvalue weighted by Crippen LogP contribution is -2.05. The van der Waals surface area contributed by atoms with Gasteiger partial charge in [0.2, 0.25) is 0 Å². The van der Waals surface area contributed by atoms with Gasteiger partial charge in [-0.2, -0.15) is 13.2 Å². The minimum Gasteiger partial charge on any atom is -0.489 e. The van der Waals surface area contributed by atoms with Crippen molar-refractivity contribution in [1.29, 1.82) is 0 Å². The van der Waals surface area contributed by atoms with Gasteiger partial charge >= 0.3 is 6.18 Å². The van der Waals surface area contributed by atoms with Crippen LogP contribution in [0.4, 0.5) is 13.2 Å². The molecular weight excluding hydrogens is 367 g/mol. The number of rotatable bonds is 4. The number of fused-ring (bicyclic) bond motifs is 1. The van der Waals surface area contributed by atoms with Gasteiger partial charge in [-0.05, 0) is 43.2 Å². The van der Waals surface area contributed by atoms with E-state index in [4.69, 9.17) is 4.74 Å². The molecule has 148 valence electrons. The fourth-order valence-corrected chi connectivity index (χ4v) is 3.82. The molecule has 1 aliphatic rings. The van der Waals surface area contributed by atoms with Crippen LogP contribution in [-0.2, 0) is 12.8 Å². The van der Waals surface area contributed by atoms with Crippen molar-refractivity contribution in [2.45, 2.75) is 57.2 Å². The summed E-state index contributed by atoms with van der Waals surface area (Å²) >= 11 is 0. The number of aromatic nitrogens is 3. The Morgan fingerprint density at radius 1 is 0.964 bits per heavy atom. The molecule has 0 unspecified atom stereocenters. The Bertz CT molecular complexity index is 926. The number of hydrogen-bond donors (Lipinski definition) is 0. The highest BCUT2D eigenvalue weighted by atomic mass is 19.4.